The third-order valence-corrected chi connectivity index (χ3v) is 1.70. The molecule has 0 spiro atoms. The van der Waals surface area contributed by atoms with E-state index in [4.69, 9.17) is 0 Å². The fourth-order valence-electron chi connectivity index (χ4n) is 0.569. The zero-order chi connectivity index (χ0) is 9.14. The maximum atomic E-state index is 10.8. The Morgan fingerprint density at radius 3 is 2.58 bits per heavy atom. The standard InChI is InChI=1S/C5H6N4O2S/c1-3(10)9-5(6-7-8-9)12-4(2)11/h1-2H3. The molecular weight excluding hydrogens is 180 g/mol. The Balaban J connectivity index is 2.91. The molecule has 64 valence electrons. The summed E-state index contributed by atoms with van der Waals surface area (Å²) in [5.74, 6) is -0.316. The quantitative estimate of drug-likeness (QED) is 0.452. The number of tetrazole rings is 1. The van der Waals surface area contributed by atoms with Gasteiger partial charge in [-0.3, -0.25) is 9.59 Å². The predicted molar refractivity (Wildman–Crippen MR) is 40.7 cm³/mol. The van der Waals surface area contributed by atoms with Crippen molar-refractivity contribution in [2.75, 3.05) is 0 Å². The van der Waals surface area contributed by atoms with E-state index in [-0.39, 0.29) is 16.2 Å². The molecule has 0 aromatic carbocycles. The molecular formula is C5H6N4O2S. The Labute approximate surface area is 72.3 Å². The molecule has 0 saturated carbocycles. The molecule has 1 aromatic rings. The fourth-order valence-corrected chi connectivity index (χ4v) is 1.15. The van der Waals surface area contributed by atoms with Crippen molar-refractivity contribution in [3.05, 3.63) is 0 Å². The second kappa shape index (κ2) is 3.44. The summed E-state index contributed by atoms with van der Waals surface area (Å²) in [6.07, 6.45) is 0. The smallest absolute Gasteiger partial charge is 0.247 e. The van der Waals surface area contributed by atoms with Crippen LogP contribution in [0.25, 0.3) is 0 Å². The van der Waals surface area contributed by atoms with Crippen LogP contribution in [0.15, 0.2) is 5.16 Å². The molecule has 0 N–H and O–H groups in total. The normalized spacial score (nSPS) is 9.83. The van der Waals surface area contributed by atoms with Gasteiger partial charge in [-0.1, -0.05) is 0 Å². The highest BCUT2D eigenvalue weighted by Crippen LogP contribution is 2.13. The Morgan fingerprint density at radius 2 is 2.08 bits per heavy atom. The minimum atomic E-state index is -0.316. The summed E-state index contributed by atoms with van der Waals surface area (Å²) in [7, 11) is 0. The molecule has 0 fully saturated rings. The average Bonchev–Trinajstić information content (AvgIpc) is 2.33. The molecule has 7 heteroatoms. The van der Waals surface area contributed by atoms with Gasteiger partial charge in [0.15, 0.2) is 5.12 Å². The highest BCUT2D eigenvalue weighted by Gasteiger charge is 2.11. The lowest BCUT2D eigenvalue weighted by Crippen LogP contribution is -2.09. The molecule has 0 saturated heterocycles. The summed E-state index contributed by atoms with van der Waals surface area (Å²) in [5.41, 5.74) is 0. The van der Waals surface area contributed by atoms with Crippen molar-refractivity contribution < 1.29 is 9.59 Å². The maximum absolute atomic E-state index is 10.8. The van der Waals surface area contributed by atoms with Gasteiger partial charge >= 0.3 is 0 Å². The van der Waals surface area contributed by atoms with Crippen molar-refractivity contribution in [3.8, 4) is 0 Å². The van der Waals surface area contributed by atoms with E-state index >= 15 is 0 Å². The van der Waals surface area contributed by atoms with Crippen LogP contribution in [0.1, 0.15) is 18.6 Å². The zero-order valence-corrected chi connectivity index (χ0v) is 7.33. The lowest BCUT2D eigenvalue weighted by atomic mass is 10.7. The molecule has 0 aliphatic carbocycles. The van der Waals surface area contributed by atoms with Crippen molar-refractivity contribution in [3.63, 3.8) is 0 Å². The van der Waals surface area contributed by atoms with Crippen LogP contribution in [0.5, 0.6) is 0 Å². The number of nitrogens with zero attached hydrogens (tertiary/aromatic N) is 4. The third kappa shape index (κ3) is 1.88. The molecule has 0 aliphatic rings. The zero-order valence-electron chi connectivity index (χ0n) is 6.51. The number of carbonyl (C=O) groups excluding carboxylic acids is 2. The maximum Gasteiger partial charge on any atom is 0.247 e. The van der Waals surface area contributed by atoms with E-state index in [1.165, 1.54) is 13.8 Å². The number of aromatic nitrogens is 4. The summed E-state index contributed by atoms with van der Waals surface area (Å²) in [6, 6.07) is 0. The topological polar surface area (TPSA) is 77.7 Å². The van der Waals surface area contributed by atoms with E-state index in [1.54, 1.807) is 0 Å². The number of carbonyl (C=O) groups is 2. The second-order valence-corrected chi connectivity index (χ2v) is 3.13. The Morgan fingerprint density at radius 1 is 1.42 bits per heavy atom. The van der Waals surface area contributed by atoms with Crippen molar-refractivity contribution in [1.29, 1.82) is 0 Å². The number of thioether (sulfide) groups is 1. The molecule has 0 aliphatic heterocycles. The van der Waals surface area contributed by atoms with Crippen LogP contribution in [0.2, 0.25) is 0 Å². The van der Waals surface area contributed by atoms with Crippen LogP contribution in [0, 0.1) is 0 Å². The minimum absolute atomic E-state index is 0.160. The largest absolute Gasteiger partial charge is 0.287 e. The molecule has 1 heterocycles. The molecule has 6 nitrogen and oxygen atoms in total. The van der Waals surface area contributed by atoms with Crippen LogP contribution in [0.4, 0.5) is 0 Å². The summed E-state index contributed by atoms with van der Waals surface area (Å²) in [4.78, 5) is 21.4. The van der Waals surface area contributed by atoms with E-state index < -0.39 is 0 Å². The molecule has 0 bridgehead atoms. The van der Waals surface area contributed by atoms with Gasteiger partial charge < -0.3 is 0 Å². The molecule has 1 aromatic heterocycles. The highest BCUT2D eigenvalue weighted by atomic mass is 32.2. The van der Waals surface area contributed by atoms with Crippen LogP contribution in [-0.2, 0) is 4.79 Å². The number of hydrogen-bond donors (Lipinski definition) is 0. The molecule has 0 atom stereocenters. The molecule has 0 amide bonds. The van der Waals surface area contributed by atoms with Gasteiger partial charge in [0.05, 0.1) is 0 Å². The van der Waals surface area contributed by atoms with Crippen LogP contribution in [-0.4, -0.2) is 31.2 Å². The lowest BCUT2D eigenvalue weighted by Gasteiger charge is -1.94. The van der Waals surface area contributed by atoms with Gasteiger partial charge in [-0.05, 0) is 22.2 Å². The summed E-state index contributed by atoms with van der Waals surface area (Å²) in [5, 5.41) is 10.2. The van der Waals surface area contributed by atoms with E-state index in [1.807, 2.05) is 0 Å². The van der Waals surface area contributed by atoms with Gasteiger partial charge in [-0.25, -0.2) is 0 Å². The van der Waals surface area contributed by atoms with Gasteiger partial charge in [0.25, 0.3) is 0 Å². The van der Waals surface area contributed by atoms with Gasteiger partial charge in [0, 0.05) is 13.8 Å². The van der Waals surface area contributed by atoms with E-state index in [0.717, 1.165) is 16.4 Å². The fraction of sp³-hybridized carbons (Fsp3) is 0.400. The molecule has 0 unspecified atom stereocenters. The van der Waals surface area contributed by atoms with Crippen molar-refractivity contribution >= 4 is 22.8 Å². The van der Waals surface area contributed by atoms with Crippen LogP contribution < -0.4 is 0 Å². The van der Waals surface area contributed by atoms with Gasteiger partial charge in [0.2, 0.25) is 11.1 Å². The van der Waals surface area contributed by atoms with E-state index in [2.05, 4.69) is 15.5 Å². The summed E-state index contributed by atoms with van der Waals surface area (Å²) >= 11 is 0.827. The van der Waals surface area contributed by atoms with Crippen molar-refractivity contribution in [2.24, 2.45) is 0 Å². The van der Waals surface area contributed by atoms with Gasteiger partial charge in [-0.2, -0.15) is 4.68 Å². The first kappa shape index (κ1) is 8.85. The third-order valence-electron chi connectivity index (χ3n) is 0.974. The average molecular weight is 186 g/mol. The SMILES string of the molecule is CC(=O)Sc1nnnn1C(C)=O. The Hall–Kier alpha value is -1.24. The minimum Gasteiger partial charge on any atom is -0.287 e. The van der Waals surface area contributed by atoms with Gasteiger partial charge in [-0.15, -0.1) is 5.10 Å². The Bertz CT molecular complexity index is 321. The molecule has 0 radical (unpaired) electrons. The lowest BCUT2D eigenvalue weighted by molar-refractivity contribution is -0.109. The molecule has 12 heavy (non-hydrogen) atoms. The number of hydrogen-bond acceptors (Lipinski definition) is 6. The number of rotatable bonds is 1. The van der Waals surface area contributed by atoms with E-state index in [0.29, 0.717) is 0 Å². The first-order valence-electron chi connectivity index (χ1n) is 3.09. The van der Waals surface area contributed by atoms with Crippen molar-refractivity contribution in [2.45, 2.75) is 19.0 Å². The first-order valence-corrected chi connectivity index (χ1v) is 3.90. The highest BCUT2D eigenvalue weighted by molar-refractivity contribution is 8.13. The second-order valence-electron chi connectivity index (χ2n) is 1.99. The van der Waals surface area contributed by atoms with E-state index in [9.17, 15) is 9.59 Å². The predicted octanol–water partition coefficient (Wildman–Crippen LogP) is -0.0282. The first-order chi connectivity index (χ1) is 5.61. The van der Waals surface area contributed by atoms with Crippen LogP contribution >= 0.6 is 11.8 Å². The molecule has 1 rings (SSSR count). The Kier molecular flexibility index (Phi) is 2.54. The monoisotopic (exact) mass is 186 g/mol. The summed E-state index contributed by atoms with van der Waals surface area (Å²) < 4.78 is 0.978. The van der Waals surface area contributed by atoms with Crippen molar-refractivity contribution in [1.82, 2.24) is 20.2 Å². The summed E-state index contributed by atoms with van der Waals surface area (Å²) in [6.45, 7) is 2.70. The van der Waals surface area contributed by atoms with Gasteiger partial charge in [0.1, 0.15) is 0 Å². The van der Waals surface area contributed by atoms with Crippen LogP contribution in [0.3, 0.4) is 0 Å².